The van der Waals surface area contributed by atoms with Gasteiger partial charge in [0.05, 0.1) is 12.9 Å². The zero-order valence-corrected chi connectivity index (χ0v) is 19.9. The van der Waals surface area contributed by atoms with Crippen molar-refractivity contribution in [2.45, 2.75) is 40.0 Å². The summed E-state index contributed by atoms with van der Waals surface area (Å²) in [6, 6.07) is 16.3. The Morgan fingerprint density at radius 2 is 1.61 bits per heavy atom. The van der Waals surface area contributed by atoms with E-state index in [1.807, 2.05) is 24.3 Å². The standard InChI is InChI=1S/C22H22N4O2S3/c1-14(2)16-6-8-17(9-7-16)20-23-19(28-26-20)13-30-22-25-24-21(31-22)29-12-15-4-10-18(27-3)11-5-15/h4-11,14H,12-13H2,1-3H3. The Morgan fingerprint density at radius 3 is 2.26 bits per heavy atom. The third-order valence-corrected chi connectivity index (χ3v) is 7.78. The van der Waals surface area contributed by atoms with Crippen LogP contribution in [0.4, 0.5) is 0 Å². The van der Waals surface area contributed by atoms with Crippen LogP contribution in [0.1, 0.15) is 36.8 Å². The van der Waals surface area contributed by atoms with Crippen LogP contribution in [0.3, 0.4) is 0 Å². The third kappa shape index (κ3) is 5.87. The van der Waals surface area contributed by atoms with E-state index in [1.54, 1.807) is 42.0 Å². The Kier molecular flexibility index (Phi) is 7.26. The summed E-state index contributed by atoms with van der Waals surface area (Å²) in [5.41, 5.74) is 3.47. The number of methoxy groups -OCH3 is 1. The second-order valence-electron chi connectivity index (χ2n) is 7.05. The predicted octanol–water partition coefficient (Wildman–Crippen LogP) is 6.30. The third-order valence-electron chi connectivity index (χ3n) is 4.53. The molecular formula is C22H22N4O2S3. The Labute approximate surface area is 193 Å². The molecule has 31 heavy (non-hydrogen) atoms. The molecular weight excluding hydrogens is 448 g/mol. The molecule has 0 unspecified atom stereocenters. The van der Waals surface area contributed by atoms with Gasteiger partial charge in [0.25, 0.3) is 0 Å². The normalized spacial score (nSPS) is 11.2. The first kappa shape index (κ1) is 21.9. The fraction of sp³-hybridized carbons (Fsp3) is 0.273. The Bertz CT molecular complexity index is 1110. The first-order valence-electron chi connectivity index (χ1n) is 9.75. The lowest BCUT2D eigenvalue weighted by atomic mass is 10.0. The molecule has 6 nitrogen and oxygen atoms in total. The zero-order valence-electron chi connectivity index (χ0n) is 17.4. The lowest BCUT2D eigenvalue weighted by Gasteiger charge is -2.04. The molecule has 0 fully saturated rings. The van der Waals surface area contributed by atoms with Crippen LogP contribution in [-0.2, 0) is 11.5 Å². The van der Waals surface area contributed by atoms with Gasteiger partial charge in [-0.25, -0.2) is 0 Å². The van der Waals surface area contributed by atoms with E-state index in [0.29, 0.717) is 23.4 Å². The van der Waals surface area contributed by atoms with Crippen molar-refractivity contribution < 1.29 is 9.26 Å². The quantitative estimate of drug-likeness (QED) is 0.264. The fourth-order valence-electron chi connectivity index (χ4n) is 2.75. The van der Waals surface area contributed by atoms with Crippen molar-refractivity contribution in [3.8, 4) is 17.1 Å². The van der Waals surface area contributed by atoms with Crippen molar-refractivity contribution in [1.29, 1.82) is 0 Å². The highest BCUT2D eigenvalue weighted by Gasteiger charge is 2.12. The molecule has 0 N–H and O–H groups in total. The fourth-order valence-corrected chi connectivity index (χ4v) is 5.57. The highest BCUT2D eigenvalue weighted by atomic mass is 32.2. The first-order valence-corrected chi connectivity index (χ1v) is 12.5. The van der Waals surface area contributed by atoms with Crippen molar-refractivity contribution in [3.05, 3.63) is 65.5 Å². The number of rotatable bonds is 9. The van der Waals surface area contributed by atoms with Crippen LogP contribution < -0.4 is 4.74 Å². The summed E-state index contributed by atoms with van der Waals surface area (Å²) in [4.78, 5) is 4.51. The van der Waals surface area contributed by atoms with Crippen LogP contribution in [0.2, 0.25) is 0 Å². The highest BCUT2D eigenvalue weighted by Crippen LogP contribution is 2.32. The van der Waals surface area contributed by atoms with Gasteiger partial charge in [-0.2, -0.15) is 4.98 Å². The number of hydrogen-bond acceptors (Lipinski definition) is 9. The Morgan fingerprint density at radius 1 is 0.935 bits per heavy atom. The molecule has 0 bridgehead atoms. The summed E-state index contributed by atoms with van der Waals surface area (Å²) in [7, 11) is 1.67. The topological polar surface area (TPSA) is 73.9 Å². The van der Waals surface area contributed by atoms with Gasteiger partial charge < -0.3 is 9.26 Å². The lowest BCUT2D eigenvalue weighted by molar-refractivity contribution is 0.391. The summed E-state index contributed by atoms with van der Waals surface area (Å²) in [6.45, 7) is 4.35. The average molecular weight is 471 g/mol. The summed E-state index contributed by atoms with van der Waals surface area (Å²) < 4.78 is 12.4. The van der Waals surface area contributed by atoms with Gasteiger partial charge >= 0.3 is 0 Å². The smallest absolute Gasteiger partial charge is 0.237 e. The monoisotopic (exact) mass is 470 g/mol. The van der Waals surface area contributed by atoms with Crippen LogP contribution in [0.5, 0.6) is 5.75 Å². The van der Waals surface area contributed by atoms with E-state index in [4.69, 9.17) is 9.26 Å². The van der Waals surface area contributed by atoms with Gasteiger partial charge in [-0.1, -0.05) is 90.3 Å². The van der Waals surface area contributed by atoms with Gasteiger partial charge in [0.2, 0.25) is 11.7 Å². The second kappa shape index (κ2) is 10.3. The van der Waals surface area contributed by atoms with Gasteiger partial charge in [-0.05, 0) is 29.2 Å². The van der Waals surface area contributed by atoms with Gasteiger partial charge in [0.15, 0.2) is 8.68 Å². The first-order chi connectivity index (χ1) is 15.1. The van der Waals surface area contributed by atoms with E-state index in [0.717, 1.165) is 25.7 Å². The van der Waals surface area contributed by atoms with Crippen molar-refractivity contribution in [2.24, 2.45) is 0 Å². The summed E-state index contributed by atoms with van der Waals surface area (Å²) in [5, 5.41) is 12.6. The van der Waals surface area contributed by atoms with Crippen LogP contribution in [-0.4, -0.2) is 27.4 Å². The van der Waals surface area contributed by atoms with Crippen molar-refractivity contribution in [2.75, 3.05) is 7.11 Å². The predicted molar refractivity (Wildman–Crippen MR) is 126 cm³/mol. The SMILES string of the molecule is COc1ccc(CSc2nnc(SCc3nc(-c4ccc(C(C)C)cc4)no3)s2)cc1. The number of thioether (sulfide) groups is 2. The molecule has 0 spiro atoms. The average Bonchev–Trinajstić information content (AvgIpc) is 3.46. The molecule has 0 saturated carbocycles. The maximum absolute atomic E-state index is 5.41. The minimum absolute atomic E-state index is 0.498. The van der Waals surface area contributed by atoms with E-state index in [1.165, 1.54) is 11.1 Å². The maximum atomic E-state index is 5.41. The summed E-state index contributed by atoms with van der Waals surface area (Å²) >= 11 is 4.80. The molecule has 0 radical (unpaired) electrons. The molecule has 0 atom stereocenters. The van der Waals surface area contributed by atoms with Gasteiger partial charge in [0.1, 0.15) is 5.75 Å². The molecule has 0 amide bonds. The minimum atomic E-state index is 0.498. The summed E-state index contributed by atoms with van der Waals surface area (Å²) in [6.07, 6.45) is 0. The molecule has 4 rings (SSSR count). The van der Waals surface area contributed by atoms with E-state index >= 15 is 0 Å². The molecule has 9 heteroatoms. The minimum Gasteiger partial charge on any atom is -0.497 e. The van der Waals surface area contributed by atoms with E-state index in [2.05, 4.69) is 58.5 Å². The molecule has 0 saturated heterocycles. The van der Waals surface area contributed by atoms with E-state index < -0.39 is 0 Å². The van der Waals surface area contributed by atoms with Crippen LogP contribution in [0.15, 0.2) is 61.7 Å². The van der Waals surface area contributed by atoms with Crippen molar-refractivity contribution in [3.63, 3.8) is 0 Å². The molecule has 2 aromatic heterocycles. The number of hydrogen-bond donors (Lipinski definition) is 0. The van der Waals surface area contributed by atoms with E-state index in [-0.39, 0.29) is 0 Å². The number of benzene rings is 2. The second-order valence-corrected chi connectivity index (χ2v) is 10.5. The largest absolute Gasteiger partial charge is 0.497 e. The van der Waals surface area contributed by atoms with Crippen molar-refractivity contribution >= 4 is 34.9 Å². The lowest BCUT2D eigenvalue weighted by Crippen LogP contribution is -1.88. The molecule has 0 aliphatic rings. The van der Waals surface area contributed by atoms with E-state index in [9.17, 15) is 0 Å². The van der Waals surface area contributed by atoms with Crippen LogP contribution >= 0.6 is 34.9 Å². The van der Waals surface area contributed by atoms with Gasteiger partial charge in [-0.15, -0.1) is 10.2 Å². The molecule has 2 heterocycles. The molecule has 2 aromatic carbocycles. The van der Waals surface area contributed by atoms with Crippen LogP contribution in [0, 0.1) is 0 Å². The highest BCUT2D eigenvalue weighted by molar-refractivity contribution is 8.02. The number of nitrogens with zero attached hydrogens (tertiary/aromatic N) is 4. The maximum Gasteiger partial charge on any atom is 0.237 e. The van der Waals surface area contributed by atoms with Crippen LogP contribution in [0.25, 0.3) is 11.4 Å². The van der Waals surface area contributed by atoms with Gasteiger partial charge in [-0.3, -0.25) is 0 Å². The Balaban J connectivity index is 1.29. The number of ether oxygens (including phenoxy) is 1. The Hall–Kier alpha value is -2.36. The van der Waals surface area contributed by atoms with Gasteiger partial charge in [0, 0.05) is 11.3 Å². The molecule has 160 valence electrons. The zero-order chi connectivity index (χ0) is 21.6. The number of aromatic nitrogens is 4. The molecule has 0 aliphatic heterocycles. The molecule has 0 aliphatic carbocycles. The molecule has 4 aromatic rings. The van der Waals surface area contributed by atoms with Crippen molar-refractivity contribution in [1.82, 2.24) is 20.3 Å². The summed E-state index contributed by atoms with van der Waals surface area (Å²) in [5.74, 6) is 3.95.